The zero-order chi connectivity index (χ0) is 19.2. The number of carbonyl (C=O) groups excluding carboxylic acids is 2. The van der Waals surface area contributed by atoms with E-state index in [2.05, 4.69) is 5.32 Å². The Labute approximate surface area is 156 Å². The maximum atomic E-state index is 12.9. The molecule has 0 bridgehead atoms. The van der Waals surface area contributed by atoms with E-state index in [9.17, 15) is 14.0 Å². The number of hydrogen-bond donors (Lipinski definition) is 1. The summed E-state index contributed by atoms with van der Waals surface area (Å²) >= 11 is 0. The molecule has 0 radical (unpaired) electrons. The molecule has 136 valence electrons. The van der Waals surface area contributed by atoms with E-state index in [1.807, 2.05) is 19.1 Å². The number of amides is 1. The van der Waals surface area contributed by atoms with Crippen LogP contribution in [0.4, 0.5) is 4.39 Å². The van der Waals surface area contributed by atoms with Crippen LogP contribution in [-0.4, -0.2) is 12.2 Å². The number of benzene rings is 3. The number of aldehydes is 1. The van der Waals surface area contributed by atoms with Crippen molar-refractivity contribution in [3.8, 4) is 11.5 Å². The van der Waals surface area contributed by atoms with E-state index in [0.29, 0.717) is 29.2 Å². The number of ether oxygens (including phenoxy) is 1. The van der Waals surface area contributed by atoms with Crippen molar-refractivity contribution < 1.29 is 18.7 Å². The maximum absolute atomic E-state index is 12.9. The second-order valence-corrected chi connectivity index (χ2v) is 6.07. The van der Waals surface area contributed by atoms with Gasteiger partial charge in [0.15, 0.2) is 0 Å². The second kappa shape index (κ2) is 8.27. The van der Waals surface area contributed by atoms with Crippen molar-refractivity contribution in [2.75, 3.05) is 0 Å². The van der Waals surface area contributed by atoms with Crippen molar-refractivity contribution in [2.24, 2.45) is 0 Å². The average Bonchev–Trinajstić information content (AvgIpc) is 2.69. The summed E-state index contributed by atoms with van der Waals surface area (Å²) in [6.45, 7) is 2.17. The summed E-state index contributed by atoms with van der Waals surface area (Å²) in [5.41, 5.74) is 2.66. The summed E-state index contributed by atoms with van der Waals surface area (Å²) in [6, 6.07) is 18.0. The molecule has 0 spiro atoms. The Morgan fingerprint density at radius 1 is 1.00 bits per heavy atom. The van der Waals surface area contributed by atoms with E-state index in [4.69, 9.17) is 4.74 Å². The highest BCUT2D eigenvalue weighted by Crippen LogP contribution is 2.22. The number of rotatable bonds is 6. The fourth-order valence-electron chi connectivity index (χ4n) is 2.55. The van der Waals surface area contributed by atoms with Crippen molar-refractivity contribution in [3.63, 3.8) is 0 Å². The van der Waals surface area contributed by atoms with Crippen LogP contribution in [0.2, 0.25) is 0 Å². The van der Waals surface area contributed by atoms with Crippen LogP contribution in [0.1, 0.15) is 31.8 Å². The van der Waals surface area contributed by atoms with E-state index < -0.39 is 0 Å². The summed E-state index contributed by atoms with van der Waals surface area (Å²) in [7, 11) is 0. The summed E-state index contributed by atoms with van der Waals surface area (Å²) in [5.74, 6) is 0.611. The van der Waals surface area contributed by atoms with E-state index in [0.717, 1.165) is 17.4 Å². The van der Waals surface area contributed by atoms with Gasteiger partial charge in [-0.3, -0.25) is 9.59 Å². The predicted molar refractivity (Wildman–Crippen MR) is 101 cm³/mol. The molecule has 0 unspecified atom stereocenters. The first-order valence-corrected chi connectivity index (χ1v) is 8.41. The van der Waals surface area contributed by atoms with Gasteiger partial charge in [-0.1, -0.05) is 24.3 Å². The molecule has 27 heavy (non-hydrogen) atoms. The van der Waals surface area contributed by atoms with Gasteiger partial charge in [0.1, 0.15) is 23.6 Å². The van der Waals surface area contributed by atoms with Crippen LogP contribution in [0.15, 0.2) is 66.7 Å². The highest BCUT2D eigenvalue weighted by molar-refractivity contribution is 5.97. The van der Waals surface area contributed by atoms with Crippen LogP contribution in [0.25, 0.3) is 0 Å². The zero-order valence-electron chi connectivity index (χ0n) is 14.7. The quantitative estimate of drug-likeness (QED) is 0.648. The Bertz CT molecular complexity index is 950. The molecule has 4 nitrogen and oxygen atoms in total. The van der Waals surface area contributed by atoms with Crippen molar-refractivity contribution in [2.45, 2.75) is 13.5 Å². The van der Waals surface area contributed by atoms with Gasteiger partial charge in [0.2, 0.25) is 0 Å². The molecule has 0 heterocycles. The maximum Gasteiger partial charge on any atom is 0.251 e. The molecule has 5 heteroatoms. The first-order chi connectivity index (χ1) is 13.0. The molecule has 3 rings (SSSR count). The Morgan fingerprint density at radius 2 is 1.63 bits per heavy atom. The van der Waals surface area contributed by atoms with Gasteiger partial charge in [-0.05, 0) is 60.5 Å². The van der Waals surface area contributed by atoms with Crippen LogP contribution < -0.4 is 10.1 Å². The smallest absolute Gasteiger partial charge is 0.251 e. The van der Waals surface area contributed by atoms with Gasteiger partial charge in [-0.2, -0.15) is 0 Å². The molecular formula is C22H18FNO3. The van der Waals surface area contributed by atoms with E-state index in [1.54, 1.807) is 42.5 Å². The third-order valence-corrected chi connectivity index (χ3v) is 4.07. The third-order valence-electron chi connectivity index (χ3n) is 4.07. The van der Waals surface area contributed by atoms with Crippen molar-refractivity contribution in [3.05, 3.63) is 94.8 Å². The Kier molecular flexibility index (Phi) is 5.61. The van der Waals surface area contributed by atoms with Crippen LogP contribution >= 0.6 is 0 Å². The SMILES string of the molecule is Cc1ccc(C=O)cc1C(=O)NCc1ccc(Oc2ccc(F)cc2)cc1. The minimum Gasteiger partial charge on any atom is -0.457 e. The minimum absolute atomic E-state index is 0.233. The van der Waals surface area contributed by atoms with E-state index in [-0.39, 0.29) is 11.7 Å². The minimum atomic E-state index is -0.317. The Hall–Kier alpha value is -3.47. The van der Waals surface area contributed by atoms with Crippen LogP contribution in [0, 0.1) is 12.7 Å². The highest BCUT2D eigenvalue weighted by atomic mass is 19.1. The molecule has 0 aliphatic rings. The average molecular weight is 363 g/mol. The molecular weight excluding hydrogens is 345 g/mol. The molecule has 1 N–H and O–H groups in total. The molecule has 0 aliphatic carbocycles. The lowest BCUT2D eigenvalue weighted by Gasteiger charge is -2.10. The lowest BCUT2D eigenvalue weighted by Crippen LogP contribution is -2.23. The van der Waals surface area contributed by atoms with Gasteiger partial charge < -0.3 is 10.1 Å². The fraction of sp³-hybridized carbons (Fsp3) is 0.0909. The van der Waals surface area contributed by atoms with Gasteiger partial charge >= 0.3 is 0 Å². The third kappa shape index (κ3) is 4.79. The number of carbonyl (C=O) groups is 2. The molecule has 3 aromatic carbocycles. The van der Waals surface area contributed by atoms with Crippen LogP contribution in [0.5, 0.6) is 11.5 Å². The summed E-state index contributed by atoms with van der Waals surface area (Å²) in [5, 5.41) is 2.85. The lowest BCUT2D eigenvalue weighted by molar-refractivity contribution is 0.0950. The van der Waals surface area contributed by atoms with Gasteiger partial charge in [0.05, 0.1) is 0 Å². The van der Waals surface area contributed by atoms with Gasteiger partial charge in [0.25, 0.3) is 5.91 Å². The van der Waals surface area contributed by atoms with E-state index >= 15 is 0 Å². The summed E-state index contributed by atoms with van der Waals surface area (Å²) < 4.78 is 18.5. The Balaban J connectivity index is 1.60. The van der Waals surface area contributed by atoms with Crippen molar-refractivity contribution >= 4 is 12.2 Å². The predicted octanol–water partition coefficient (Wildman–Crippen LogP) is 4.67. The lowest BCUT2D eigenvalue weighted by atomic mass is 10.0. The van der Waals surface area contributed by atoms with Gasteiger partial charge in [-0.15, -0.1) is 0 Å². The molecule has 3 aromatic rings. The molecule has 0 saturated heterocycles. The monoisotopic (exact) mass is 363 g/mol. The number of halogens is 1. The molecule has 1 amide bonds. The van der Waals surface area contributed by atoms with Gasteiger partial charge in [0, 0.05) is 17.7 Å². The first-order valence-electron chi connectivity index (χ1n) is 8.41. The fourth-order valence-corrected chi connectivity index (χ4v) is 2.55. The van der Waals surface area contributed by atoms with Crippen LogP contribution in [0.3, 0.4) is 0 Å². The zero-order valence-corrected chi connectivity index (χ0v) is 14.7. The van der Waals surface area contributed by atoms with Crippen LogP contribution in [-0.2, 0) is 6.54 Å². The highest BCUT2D eigenvalue weighted by Gasteiger charge is 2.09. The summed E-state index contributed by atoms with van der Waals surface area (Å²) in [4.78, 5) is 23.2. The summed E-state index contributed by atoms with van der Waals surface area (Å²) in [6.07, 6.45) is 0.718. The topological polar surface area (TPSA) is 55.4 Å². The largest absolute Gasteiger partial charge is 0.457 e. The van der Waals surface area contributed by atoms with Crippen molar-refractivity contribution in [1.29, 1.82) is 0 Å². The standard InChI is InChI=1S/C22H18FNO3/c1-15-2-3-17(14-25)12-21(15)22(26)24-13-16-4-8-19(9-5-16)27-20-10-6-18(23)7-11-20/h2-12,14H,13H2,1H3,(H,24,26). The number of hydrogen-bond acceptors (Lipinski definition) is 3. The Morgan fingerprint density at radius 3 is 2.26 bits per heavy atom. The molecule has 0 aromatic heterocycles. The molecule has 0 fully saturated rings. The molecule has 0 aliphatic heterocycles. The van der Waals surface area contributed by atoms with Crippen molar-refractivity contribution in [1.82, 2.24) is 5.32 Å². The molecule has 0 saturated carbocycles. The van der Waals surface area contributed by atoms with Gasteiger partial charge in [-0.25, -0.2) is 4.39 Å². The molecule has 0 atom stereocenters. The van der Waals surface area contributed by atoms with E-state index in [1.165, 1.54) is 12.1 Å². The normalized spacial score (nSPS) is 10.3. The second-order valence-electron chi connectivity index (χ2n) is 6.07. The number of aryl methyl sites for hydroxylation is 1. The first kappa shape index (κ1) is 18.3. The number of nitrogens with one attached hydrogen (secondary N) is 1.